The summed E-state index contributed by atoms with van der Waals surface area (Å²) in [6.07, 6.45) is 0. The third-order valence-corrected chi connectivity index (χ3v) is 4.65. The summed E-state index contributed by atoms with van der Waals surface area (Å²) in [5, 5.41) is 3.72. The van der Waals surface area contributed by atoms with E-state index in [1.807, 2.05) is 46.8 Å². The molecule has 0 heterocycles. The normalized spacial score (nSPS) is 11.9. The predicted molar refractivity (Wildman–Crippen MR) is 98.9 cm³/mol. The van der Waals surface area contributed by atoms with Crippen LogP contribution in [0.2, 0.25) is 5.02 Å². The van der Waals surface area contributed by atoms with Crippen LogP contribution in [0.1, 0.15) is 40.8 Å². The number of hydrogen-bond acceptors (Lipinski definition) is 2. The number of rotatable bonds is 5. The number of aryl methyl sites for hydroxylation is 4. The molecule has 1 N–H and O–H groups in total. The maximum Gasteiger partial charge on any atom is 0.258 e. The highest BCUT2D eigenvalue weighted by Crippen LogP contribution is 2.26. The van der Waals surface area contributed by atoms with Crippen LogP contribution < -0.4 is 10.1 Å². The molecular formula is C20H24ClNO2. The first-order chi connectivity index (χ1) is 11.3. The molecule has 0 fully saturated rings. The van der Waals surface area contributed by atoms with Crippen molar-refractivity contribution in [2.75, 3.05) is 6.61 Å². The summed E-state index contributed by atoms with van der Waals surface area (Å²) >= 11 is 6.14. The van der Waals surface area contributed by atoms with Crippen LogP contribution in [0.3, 0.4) is 0 Å². The van der Waals surface area contributed by atoms with E-state index in [2.05, 4.69) is 23.5 Å². The van der Waals surface area contributed by atoms with Crippen LogP contribution in [0.4, 0.5) is 0 Å². The van der Waals surface area contributed by atoms with Gasteiger partial charge in [0, 0.05) is 5.02 Å². The lowest BCUT2D eigenvalue weighted by molar-refractivity contribution is -0.123. The second-order valence-corrected chi connectivity index (χ2v) is 6.69. The molecule has 128 valence electrons. The maximum absolute atomic E-state index is 12.2. The summed E-state index contributed by atoms with van der Waals surface area (Å²) in [4.78, 5) is 12.2. The van der Waals surface area contributed by atoms with Gasteiger partial charge in [0.1, 0.15) is 5.75 Å². The number of carbonyl (C=O) groups is 1. The molecule has 0 saturated heterocycles. The number of halogens is 1. The molecule has 0 unspecified atom stereocenters. The highest BCUT2D eigenvalue weighted by atomic mass is 35.5. The summed E-state index contributed by atoms with van der Waals surface area (Å²) in [7, 11) is 0. The molecule has 0 aromatic heterocycles. The lowest BCUT2D eigenvalue weighted by atomic mass is 10.00. The minimum Gasteiger partial charge on any atom is -0.484 e. The Kier molecular flexibility index (Phi) is 5.89. The lowest BCUT2D eigenvalue weighted by Crippen LogP contribution is -2.31. The second kappa shape index (κ2) is 7.71. The van der Waals surface area contributed by atoms with Crippen molar-refractivity contribution in [3.05, 3.63) is 63.2 Å². The van der Waals surface area contributed by atoms with Gasteiger partial charge in [-0.2, -0.15) is 0 Å². The zero-order valence-electron chi connectivity index (χ0n) is 14.9. The number of amides is 1. The Morgan fingerprint density at radius 1 is 1.08 bits per heavy atom. The highest BCUT2D eigenvalue weighted by Gasteiger charge is 2.13. The number of ether oxygens (including phenoxy) is 1. The van der Waals surface area contributed by atoms with Crippen molar-refractivity contribution < 1.29 is 9.53 Å². The van der Waals surface area contributed by atoms with Gasteiger partial charge in [-0.3, -0.25) is 4.79 Å². The molecule has 1 amide bonds. The number of nitrogens with one attached hydrogen (secondary N) is 1. The van der Waals surface area contributed by atoms with Gasteiger partial charge in [-0.25, -0.2) is 0 Å². The summed E-state index contributed by atoms with van der Waals surface area (Å²) in [5.41, 5.74) is 5.35. The van der Waals surface area contributed by atoms with Gasteiger partial charge >= 0.3 is 0 Å². The van der Waals surface area contributed by atoms with Gasteiger partial charge in [0.25, 0.3) is 5.91 Å². The summed E-state index contributed by atoms with van der Waals surface area (Å²) < 4.78 is 5.60. The second-order valence-electron chi connectivity index (χ2n) is 6.31. The quantitative estimate of drug-likeness (QED) is 0.842. The molecule has 2 aromatic rings. The van der Waals surface area contributed by atoms with Gasteiger partial charge in [0.15, 0.2) is 6.61 Å². The van der Waals surface area contributed by atoms with Crippen molar-refractivity contribution in [2.45, 2.75) is 40.7 Å². The van der Waals surface area contributed by atoms with Gasteiger partial charge < -0.3 is 10.1 Å². The highest BCUT2D eigenvalue weighted by molar-refractivity contribution is 6.32. The Labute approximate surface area is 149 Å². The van der Waals surface area contributed by atoms with E-state index in [1.54, 1.807) is 0 Å². The van der Waals surface area contributed by atoms with Gasteiger partial charge in [-0.15, -0.1) is 0 Å². The molecule has 3 nitrogen and oxygen atoms in total. The van der Waals surface area contributed by atoms with Crippen LogP contribution in [0.15, 0.2) is 30.3 Å². The van der Waals surface area contributed by atoms with E-state index in [0.717, 1.165) is 21.7 Å². The Bertz CT molecular complexity index is 732. The third kappa shape index (κ3) is 4.51. The van der Waals surface area contributed by atoms with Gasteiger partial charge in [-0.1, -0.05) is 35.4 Å². The van der Waals surface area contributed by atoms with E-state index >= 15 is 0 Å². The molecule has 0 radical (unpaired) electrons. The Morgan fingerprint density at radius 3 is 2.33 bits per heavy atom. The number of hydrogen-bond donors (Lipinski definition) is 1. The summed E-state index contributed by atoms with van der Waals surface area (Å²) in [6, 6.07) is 9.88. The van der Waals surface area contributed by atoms with Crippen molar-refractivity contribution in [1.82, 2.24) is 5.32 Å². The Balaban J connectivity index is 1.97. The maximum atomic E-state index is 12.2. The van der Waals surface area contributed by atoms with Crippen molar-refractivity contribution in [1.29, 1.82) is 0 Å². The predicted octanol–water partition coefficient (Wildman–Crippen LogP) is 4.83. The van der Waals surface area contributed by atoms with E-state index in [4.69, 9.17) is 16.3 Å². The van der Waals surface area contributed by atoms with Gasteiger partial charge in [0.05, 0.1) is 6.04 Å². The molecular weight excluding hydrogens is 322 g/mol. The average Bonchev–Trinajstić information content (AvgIpc) is 2.52. The third-order valence-electron chi connectivity index (χ3n) is 4.06. The topological polar surface area (TPSA) is 38.3 Å². The Morgan fingerprint density at radius 2 is 1.71 bits per heavy atom. The van der Waals surface area contributed by atoms with Gasteiger partial charge in [0.2, 0.25) is 0 Å². The fraction of sp³-hybridized carbons (Fsp3) is 0.350. The molecule has 2 rings (SSSR count). The van der Waals surface area contributed by atoms with Gasteiger partial charge in [-0.05, 0) is 69.0 Å². The first-order valence-electron chi connectivity index (χ1n) is 8.04. The molecule has 0 aliphatic carbocycles. The first kappa shape index (κ1) is 18.3. The monoisotopic (exact) mass is 345 g/mol. The molecule has 1 atom stereocenters. The van der Waals surface area contributed by atoms with Crippen LogP contribution >= 0.6 is 11.6 Å². The molecule has 0 bridgehead atoms. The molecule has 4 heteroatoms. The van der Waals surface area contributed by atoms with Crippen molar-refractivity contribution in [3.63, 3.8) is 0 Å². The summed E-state index contributed by atoms with van der Waals surface area (Å²) in [6.45, 7) is 9.90. The van der Waals surface area contributed by atoms with Crippen LogP contribution in [0.5, 0.6) is 5.75 Å². The van der Waals surface area contributed by atoms with Crippen LogP contribution in [0.25, 0.3) is 0 Å². The standard InChI is InChI=1S/C20H24ClNO2/c1-12-6-7-13(2)18(8-12)16(5)22-19(23)11-24-17-9-14(3)20(21)15(4)10-17/h6-10,16H,11H2,1-5H3,(H,22,23)/t16-/m1/s1. The zero-order valence-corrected chi connectivity index (χ0v) is 15.6. The van der Waals surface area contributed by atoms with E-state index in [0.29, 0.717) is 5.75 Å². The fourth-order valence-corrected chi connectivity index (χ4v) is 2.83. The van der Waals surface area contributed by atoms with Crippen LogP contribution in [-0.2, 0) is 4.79 Å². The van der Waals surface area contributed by atoms with Crippen LogP contribution in [-0.4, -0.2) is 12.5 Å². The number of carbonyl (C=O) groups excluding carboxylic acids is 1. The van der Waals surface area contributed by atoms with Crippen LogP contribution in [0, 0.1) is 27.7 Å². The largest absolute Gasteiger partial charge is 0.484 e. The number of benzene rings is 2. The minimum atomic E-state index is -0.145. The zero-order chi connectivity index (χ0) is 17.9. The lowest BCUT2D eigenvalue weighted by Gasteiger charge is -2.18. The average molecular weight is 346 g/mol. The minimum absolute atomic E-state index is 0.0181. The molecule has 0 saturated carbocycles. The fourth-order valence-electron chi connectivity index (χ4n) is 2.73. The molecule has 0 aliphatic rings. The molecule has 0 spiro atoms. The Hall–Kier alpha value is -2.00. The van der Waals surface area contributed by atoms with E-state index in [-0.39, 0.29) is 18.6 Å². The smallest absolute Gasteiger partial charge is 0.258 e. The molecule has 24 heavy (non-hydrogen) atoms. The summed E-state index contributed by atoms with van der Waals surface area (Å²) in [5.74, 6) is 0.512. The SMILES string of the molecule is Cc1ccc(C)c([C@@H](C)NC(=O)COc2cc(C)c(Cl)c(C)c2)c1. The molecule has 2 aromatic carbocycles. The molecule has 0 aliphatic heterocycles. The first-order valence-corrected chi connectivity index (χ1v) is 8.41. The van der Waals surface area contributed by atoms with Crippen molar-refractivity contribution >= 4 is 17.5 Å². The van der Waals surface area contributed by atoms with E-state index < -0.39 is 0 Å². The van der Waals surface area contributed by atoms with Crippen molar-refractivity contribution in [3.8, 4) is 5.75 Å². The van der Waals surface area contributed by atoms with E-state index in [9.17, 15) is 4.79 Å². The van der Waals surface area contributed by atoms with Crippen molar-refractivity contribution in [2.24, 2.45) is 0 Å². The van der Waals surface area contributed by atoms with E-state index in [1.165, 1.54) is 11.1 Å².